The zero-order valence-electron chi connectivity index (χ0n) is 16.8. The van der Waals surface area contributed by atoms with E-state index in [2.05, 4.69) is 44.2 Å². The van der Waals surface area contributed by atoms with Crippen LogP contribution in [0.4, 0.5) is 11.6 Å². The van der Waals surface area contributed by atoms with Gasteiger partial charge >= 0.3 is 0 Å². The highest BCUT2D eigenvalue weighted by Crippen LogP contribution is 2.24. The van der Waals surface area contributed by atoms with Crippen molar-refractivity contribution in [3.63, 3.8) is 0 Å². The van der Waals surface area contributed by atoms with Gasteiger partial charge in [-0.15, -0.1) is 0 Å². The van der Waals surface area contributed by atoms with Crippen molar-refractivity contribution in [1.82, 2.24) is 40.1 Å². The molecule has 9 heteroatoms. The quantitative estimate of drug-likeness (QED) is 0.534. The molecule has 3 aromatic rings. The lowest BCUT2D eigenvalue weighted by atomic mass is 10.2. The Labute approximate surface area is 169 Å². The highest BCUT2D eigenvalue weighted by Gasteiger charge is 2.18. The van der Waals surface area contributed by atoms with Gasteiger partial charge in [-0.1, -0.05) is 19.1 Å². The van der Waals surface area contributed by atoms with E-state index in [1.165, 1.54) is 0 Å². The molecule has 29 heavy (non-hydrogen) atoms. The summed E-state index contributed by atoms with van der Waals surface area (Å²) in [4.78, 5) is 9.11. The molecule has 3 aromatic heterocycles. The molecule has 0 spiro atoms. The maximum absolute atomic E-state index is 4.60. The second kappa shape index (κ2) is 8.29. The van der Waals surface area contributed by atoms with E-state index in [4.69, 9.17) is 0 Å². The van der Waals surface area contributed by atoms with Crippen LogP contribution in [0.3, 0.4) is 0 Å². The van der Waals surface area contributed by atoms with E-state index in [1.807, 2.05) is 65.0 Å². The standard InChI is InChI=1S/C20H25N9/c1-4-5-6-7-15(2)29-18(8-9-24-29)26-19-20-23-13-17(27(20)11-10-22-19)16-12-25-28(14-16)21-3/h5-11,13-14,21,25H,4,12H2,1-3H3,(H,22,26)/b6-5-,15-7+. The van der Waals surface area contributed by atoms with Crippen LogP contribution in [-0.2, 0) is 0 Å². The molecule has 0 aliphatic carbocycles. The van der Waals surface area contributed by atoms with Crippen LogP contribution in [-0.4, -0.2) is 42.9 Å². The third-order valence-electron chi connectivity index (χ3n) is 4.66. The Balaban J connectivity index is 1.65. The Kier molecular flexibility index (Phi) is 5.41. The van der Waals surface area contributed by atoms with Crippen molar-refractivity contribution >= 4 is 28.6 Å². The van der Waals surface area contributed by atoms with E-state index in [0.717, 1.165) is 41.4 Å². The molecule has 0 saturated carbocycles. The van der Waals surface area contributed by atoms with Crippen LogP contribution >= 0.6 is 0 Å². The van der Waals surface area contributed by atoms with Gasteiger partial charge in [0.15, 0.2) is 11.5 Å². The van der Waals surface area contributed by atoms with E-state index >= 15 is 0 Å². The molecule has 0 bridgehead atoms. The first-order chi connectivity index (χ1) is 14.2. The summed E-state index contributed by atoms with van der Waals surface area (Å²) in [5, 5.41) is 9.63. The summed E-state index contributed by atoms with van der Waals surface area (Å²) in [5.74, 6) is 1.51. The van der Waals surface area contributed by atoms with Gasteiger partial charge in [0.1, 0.15) is 5.82 Å². The molecule has 0 fully saturated rings. The van der Waals surface area contributed by atoms with E-state index in [1.54, 1.807) is 12.4 Å². The van der Waals surface area contributed by atoms with Crippen LogP contribution in [0, 0.1) is 0 Å². The van der Waals surface area contributed by atoms with Crippen LogP contribution in [0.25, 0.3) is 16.9 Å². The minimum atomic E-state index is 0.675. The van der Waals surface area contributed by atoms with E-state index < -0.39 is 0 Å². The van der Waals surface area contributed by atoms with Gasteiger partial charge in [0.25, 0.3) is 0 Å². The molecule has 0 radical (unpaired) electrons. The number of hydrazine groups is 2. The summed E-state index contributed by atoms with van der Waals surface area (Å²) in [6.45, 7) is 4.86. The molecule has 1 aliphatic heterocycles. The molecule has 0 aromatic carbocycles. The molecule has 1 aliphatic rings. The summed E-state index contributed by atoms with van der Waals surface area (Å²) in [5.41, 5.74) is 10.2. The van der Waals surface area contributed by atoms with E-state index in [0.29, 0.717) is 5.82 Å². The third-order valence-corrected chi connectivity index (χ3v) is 4.66. The first-order valence-corrected chi connectivity index (χ1v) is 9.59. The van der Waals surface area contributed by atoms with Crippen LogP contribution < -0.4 is 16.2 Å². The van der Waals surface area contributed by atoms with E-state index in [9.17, 15) is 0 Å². The minimum Gasteiger partial charge on any atom is -0.322 e. The first-order valence-electron chi connectivity index (χ1n) is 9.59. The van der Waals surface area contributed by atoms with Gasteiger partial charge in [-0.3, -0.25) is 4.40 Å². The molecule has 3 N–H and O–H groups in total. The monoisotopic (exact) mass is 391 g/mol. The predicted molar refractivity (Wildman–Crippen MR) is 115 cm³/mol. The zero-order chi connectivity index (χ0) is 20.2. The Morgan fingerprint density at radius 1 is 1.31 bits per heavy atom. The normalized spacial score (nSPS) is 14.9. The smallest absolute Gasteiger partial charge is 0.180 e. The molecule has 0 atom stereocenters. The molecular formula is C20H25N9. The Bertz CT molecular complexity index is 1090. The highest BCUT2D eigenvalue weighted by molar-refractivity contribution is 5.74. The van der Waals surface area contributed by atoms with Gasteiger partial charge in [-0.25, -0.2) is 30.6 Å². The maximum atomic E-state index is 4.60. The second-order valence-electron chi connectivity index (χ2n) is 6.59. The topological polar surface area (TPSA) is 87.3 Å². The highest BCUT2D eigenvalue weighted by atomic mass is 15.7. The first kappa shape index (κ1) is 18.9. The average Bonchev–Trinajstić information content (AvgIpc) is 3.47. The third kappa shape index (κ3) is 3.78. The SMILES string of the molecule is CC/C=C\C=C(/C)n1nccc1Nc1nccn2c(C3=CN(NC)NC3)cnc12. The number of nitrogens with one attached hydrogen (secondary N) is 3. The fourth-order valence-electron chi connectivity index (χ4n) is 3.18. The number of nitrogens with zero attached hydrogens (tertiary/aromatic N) is 6. The van der Waals surface area contributed by atoms with Crippen molar-refractivity contribution in [2.45, 2.75) is 20.3 Å². The summed E-state index contributed by atoms with van der Waals surface area (Å²) in [7, 11) is 1.87. The molecule has 4 rings (SSSR count). The van der Waals surface area contributed by atoms with Gasteiger partial charge < -0.3 is 5.32 Å². The summed E-state index contributed by atoms with van der Waals surface area (Å²) < 4.78 is 3.89. The van der Waals surface area contributed by atoms with Crippen LogP contribution in [0.5, 0.6) is 0 Å². The number of rotatable bonds is 7. The molecule has 4 heterocycles. The van der Waals surface area contributed by atoms with Gasteiger partial charge in [-0.2, -0.15) is 5.10 Å². The van der Waals surface area contributed by atoms with Crippen molar-refractivity contribution in [3.05, 3.63) is 61.0 Å². The predicted octanol–water partition coefficient (Wildman–Crippen LogP) is 2.79. The van der Waals surface area contributed by atoms with Gasteiger partial charge in [0.2, 0.25) is 0 Å². The van der Waals surface area contributed by atoms with Crippen molar-refractivity contribution in [1.29, 1.82) is 0 Å². The van der Waals surface area contributed by atoms with Gasteiger partial charge in [0.05, 0.1) is 18.1 Å². The lowest BCUT2D eigenvalue weighted by Crippen LogP contribution is -2.38. The average molecular weight is 391 g/mol. The number of fused-ring (bicyclic) bond motifs is 1. The summed E-state index contributed by atoms with van der Waals surface area (Å²) in [6.07, 6.45) is 16.5. The maximum Gasteiger partial charge on any atom is 0.180 e. The number of aromatic nitrogens is 5. The lowest BCUT2D eigenvalue weighted by Gasteiger charge is -2.11. The zero-order valence-corrected chi connectivity index (χ0v) is 16.8. The lowest BCUT2D eigenvalue weighted by molar-refractivity contribution is 0.236. The van der Waals surface area contributed by atoms with Gasteiger partial charge in [-0.05, 0) is 19.4 Å². The Morgan fingerprint density at radius 2 is 2.21 bits per heavy atom. The molecular weight excluding hydrogens is 366 g/mol. The van der Waals surface area contributed by atoms with Crippen LogP contribution in [0.15, 0.2) is 55.3 Å². The Morgan fingerprint density at radius 3 is 3.00 bits per heavy atom. The minimum absolute atomic E-state index is 0.675. The number of anilines is 2. The van der Waals surface area contributed by atoms with Crippen molar-refractivity contribution in [2.24, 2.45) is 0 Å². The summed E-state index contributed by atoms with van der Waals surface area (Å²) >= 11 is 0. The van der Waals surface area contributed by atoms with Crippen molar-refractivity contribution in [3.8, 4) is 0 Å². The number of hydrogen-bond acceptors (Lipinski definition) is 7. The summed E-state index contributed by atoms with van der Waals surface area (Å²) in [6, 6.07) is 1.92. The molecule has 0 saturated heterocycles. The van der Waals surface area contributed by atoms with Crippen molar-refractivity contribution < 1.29 is 0 Å². The van der Waals surface area contributed by atoms with E-state index in [-0.39, 0.29) is 0 Å². The largest absolute Gasteiger partial charge is 0.322 e. The molecule has 9 nitrogen and oxygen atoms in total. The molecule has 0 amide bonds. The van der Waals surface area contributed by atoms with Crippen LogP contribution in [0.2, 0.25) is 0 Å². The fraction of sp³-hybridized carbons (Fsp3) is 0.250. The molecule has 150 valence electrons. The number of hydrogen-bond donors (Lipinski definition) is 3. The van der Waals surface area contributed by atoms with Gasteiger partial charge in [0, 0.05) is 49.5 Å². The fourth-order valence-corrected chi connectivity index (χ4v) is 3.18. The molecule has 0 unspecified atom stereocenters. The van der Waals surface area contributed by atoms with Crippen molar-refractivity contribution in [2.75, 3.05) is 18.9 Å². The number of imidazole rings is 1. The second-order valence-corrected chi connectivity index (χ2v) is 6.59. The Hall–Kier alpha value is -3.43. The van der Waals surface area contributed by atoms with Crippen LogP contribution in [0.1, 0.15) is 26.0 Å². The number of allylic oxidation sites excluding steroid dienone is 4.